The summed E-state index contributed by atoms with van der Waals surface area (Å²) in [5.41, 5.74) is 0. The highest BCUT2D eigenvalue weighted by Gasteiger charge is 2.26. The van der Waals surface area contributed by atoms with Crippen LogP contribution in [-0.4, -0.2) is 27.4 Å². The van der Waals surface area contributed by atoms with Crippen LogP contribution in [0.3, 0.4) is 0 Å². The number of hydrogen-bond donors (Lipinski definition) is 2. The Morgan fingerprint density at radius 2 is 2.40 bits per heavy atom. The first-order valence-corrected chi connectivity index (χ1v) is 4.74. The Morgan fingerprint density at radius 1 is 1.60 bits per heavy atom. The van der Waals surface area contributed by atoms with Crippen LogP contribution in [0.15, 0.2) is 12.4 Å². The van der Waals surface area contributed by atoms with E-state index in [1.807, 2.05) is 7.05 Å². The fourth-order valence-corrected chi connectivity index (χ4v) is 1.49. The number of imide groups is 1. The van der Waals surface area contributed by atoms with E-state index in [0.717, 1.165) is 0 Å². The number of imidazole rings is 1. The summed E-state index contributed by atoms with van der Waals surface area (Å²) in [7, 11) is 1.83. The Hall–Kier alpha value is -1.85. The van der Waals surface area contributed by atoms with E-state index in [2.05, 4.69) is 15.6 Å². The van der Waals surface area contributed by atoms with E-state index in [0.29, 0.717) is 18.8 Å². The Bertz CT molecular complexity index is 399. The van der Waals surface area contributed by atoms with Crippen molar-refractivity contribution >= 4 is 17.8 Å². The van der Waals surface area contributed by atoms with Gasteiger partial charge in [-0.1, -0.05) is 0 Å². The zero-order chi connectivity index (χ0) is 10.8. The lowest BCUT2D eigenvalue weighted by molar-refractivity contribution is -0.133. The molecular weight excluding hydrogens is 196 g/mol. The summed E-state index contributed by atoms with van der Waals surface area (Å²) >= 11 is 0. The molecule has 80 valence electrons. The van der Waals surface area contributed by atoms with Crippen molar-refractivity contribution in [1.82, 2.24) is 14.9 Å². The van der Waals surface area contributed by atoms with Crippen molar-refractivity contribution in [3.63, 3.8) is 0 Å². The second kappa shape index (κ2) is 3.72. The molecule has 1 saturated heterocycles. The monoisotopic (exact) mass is 208 g/mol. The van der Waals surface area contributed by atoms with Crippen molar-refractivity contribution in [3.05, 3.63) is 12.4 Å². The SMILES string of the molecule is Cn1ccnc1NC1CCC(=O)NC1=O. The van der Waals surface area contributed by atoms with E-state index < -0.39 is 0 Å². The number of nitrogens with one attached hydrogen (secondary N) is 2. The van der Waals surface area contributed by atoms with Crippen molar-refractivity contribution in [3.8, 4) is 0 Å². The highest BCUT2D eigenvalue weighted by molar-refractivity contribution is 6.01. The zero-order valence-corrected chi connectivity index (χ0v) is 8.36. The number of piperidine rings is 1. The van der Waals surface area contributed by atoms with E-state index in [-0.39, 0.29) is 17.9 Å². The van der Waals surface area contributed by atoms with Crippen molar-refractivity contribution in [1.29, 1.82) is 0 Å². The summed E-state index contributed by atoms with van der Waals surface area (Å²) in [5.74, 6) is 0.136. The number of amides is 2. The minimum Gasteiger partial charge on any atom is -0.344 e. The van der Waals surface area contributed by atoms with E-state index in [1.54, 1.807) is 17.0 Å². The first-order valence-electron chi connectivity index (χ1n) is 4.74. The average Bonchev–Trinajstić information content (AvgIpc) is 2.57. The molecule has 1 aromatic heterocycles. The summed E-state index contributed by atoms with van der Waals surface area (Å²) in [5, 5.41) is 5.27. The van der Waals surface area contributed by atoms with Gasteiger partial charge in [0.2, 0.25) is 17.8 Å². The Kier molecular flexibility index (Phi) is 2.40. The molecule has 0 aliphatic carbocycles. The first kappa shape index (κ1) is 9.70. The molecule has 6 nitrogen and oxygen atoms in total. The second-order valence-electron chi connectivity index (χ2n) is 3.51. The molecule has 1 atom stereocenters. The van der Waals surface area contributed by atoms with Gasteiger partial charge in [-0.3, -0.25) is 14.9 Å². The minimum atomic E-state index is -0.371. The molecule has 1 aromatic rings. The van der Waals surface area contributed by atoms with Gasteiger partial charge < -0.3 is 9.88 Å². The van der Waals surface area contributed by atoms with Crippen molar-refractivity contribution in [2.75, 3.05) is 5.32 Å². The van der Waals surface area contributed by atoms with Gasteiger partial charge in [0.1, 0.15) is 6.04 Å². The Morgan fingerprint density at radius 3 is 3.00 bits per heavy atom. The minimum absolute atomic E-state index is 0.210. The number of hydrogen-bond acceptors (Lipinski definition) is 4. The molecule has 1 unspecified atom stereocenters. The molecule has 0 spiro atoms. The third kappa shape index (κ3) is 1.98. The predicted molar refractivity (Wildman–Crippen MR) is 53.0 cm³/mol. The second-order valence-corrected chi connectivity index (χ2v) is 3.51. The van der Waals surface area contributed by atoms with Gasteiger partial charge in [0.05, 0.1) is 0 Å². The lowest BCUT2D eigenvalue weighted by atomic mass is 10.1. The Balaban J connectivity index is 2.04. The lowest BCUT2D eigenvalue weighted by Crippen LogP contribution is -2.47. The topological polar surface area (TPSA) is 76.0 Å². The molecule has 1 aliphatic rings. The molecule has 1 aliphatic heterocycles. The molecule has 2 rings (SSSR count). The van der Waals surface area contributed by atoms with Crippen LogP contribution in [0.2, 0.25) is 0 Å². The number of aromatic nitrogens is 2. The highest BCUT2D eigenvalue weighted by atomic mass is 16.2. The predicted octanol–water partition coefficient (Wildman–Crippen LogP) is -0.363. The van der Waals surface area contributed by atoms with Gasteiger partial charge in [-0.15, -0.1) is 0 Å². The summed E-state index contributed by atoms with van der Waals surface area (Å²) in [4.78, 5) is 26.4. The highest BCUT2D eigenvalue weighted by Crippen LogP contribution is 2.10. The van der Waals surface area contributed by atoms with Crippen LogP contribution in [0.5, 0.6) is 0 Å². The molecule has 6 heteroatoms. The maximum Gasteiger partial charge on any atom is 0.249 e. The van der Waals surface area contributed by atoms with Crippen LogP contribution in [0, 0.1) is 0 Å². The molecule has 0 radical (unpaired) electrons. The number of carbonyl (C=O) groups excluding carboxylic acids is 2. The molecule has 15 heavy (non-hydrogen) atoms. The fraction of sp³-hybridized carbons (Fsp3) is 0.444. The molecule has 0 bridgehead atoms. The number of aryl methyl sites for hydroxylation is 1. The van der Waals surface area contributed by atoms with Crippen LogP contribution in [0.4, 0.5) is 5.95 Å². The van der Waals surface area contributed by atoms with Gasteiger partial charge >= 0.3 is 0 Å². The standard InChI is InChI=1S/C9H12N4O2/c1-13-5-4-10-9(13)11-6-2-3-7(14)12-8(6)15/h4-6H,2-3H2,1H3,(H,10,11)(H,12,14,15). The van der Waals surface area contributed by atoms with E-state index in [1.165, 1.54) is 0 Å². The maximum absolute atomic E-state index is 11.4. The van der Waals surface area contributed by atoms with E-state index >= 15 is 0 Å². The molecular formula is C9H12N4O2. The van der Waals surface area contributed by atoms with Crippen molar-refractivity contribution in [2.45, 2.75) is 18.9 Å². The van der Waals surface area contributed by atoms with Gasteiger partial charge in [-0.05, 0) is 6.42 Å². The largest absolute Gasteiger partial charge is 0.344 e. The molecule has 0 saturated carbocycles. The van der Waals surface area contributed by atoms with Gasteiger partial charge in [-0.2, -0.15) is 0 Å². The molecule has 2 amide bonds. The van der Waals surface area contributed by atoms with Crippen molar-refractivity contribution in [2.24, 2.45) is 7.05 Å². The molecule has 1 fully saturated rings. The van der Waals surface area contributed by atoms with Crippen molar-refractivity contribution < 1.29 is 9.59 Å². The van der Waals surface area contributed by atoms with E-state index in [4.69, 9.17) is 0 Å². The molecule has 0 aromatic carbocycles. The van der Waals surface area contributed by atoms with Gasteiger partial charge in [0.25, 0.3) is 0 Å². The van der Waals surface area contributed by atoms with Crippen LogP contribution >= 0.6 is 0 Å². The smallest absolute Gasteiger partial charge is 0.249 e. The quantitative estimate of drug-likeness (QED) is 0.650. The number of anilines is 1. The van der Waals surface area contributed by atoms with Crippen LogP contribution in [0.1, 0.15) is 12.8 Å². The average molecular weight is 208 g/mol. The molecule has 2 N–H and O–H groups in total. The number of nitrogens with zero attached hydrogens (tertiary/aromatic N) is 2. The van der Waals surface area contributed by atoms with Crippen LogP contribution in [0.25, 0.3) is 0 Å². The maximum atomic E-state index is 11.4. The van der Waals surface area contributed by atoms with Gasteiger partial charge in [-0.25, -0.2) is 4.98 Å². The van der Waals surface area contributed by atoms with E-state index in [9.17, 15) is 9.59 Å². The first-order chi connectivity index (χ1) is 7.16. The summed E-state index contributed by atoms with van der Waals surface area (Å²) in [6.07, 6.45) is 4.31. The lowest BCUT2D eigenvalue weighted by Gasteiger charge is -2.22. The summed E-state index contributed by atoms with van der Waals surface area (Å²) in [6, 6.07) is -0.371. The summed E-state index contributed by atoms with van der Waals surface area (Å²) in [6.45, 7) is 0. The van der Waals surface area contributed by atoms with Crippen LogP contribution in [-0.2, 0) is 16.6 Å². The Labute approximate surface area is 86.7 Å². The number of rotatable bonds is 2. The van der Waals surface area contributed by atoms with Crippen LogP contribution < -0.4 is 10.6 Å². The third-order valence-corrected chi connectivity index (χ3v) is 2.36. The van der Waals surface area contributed by atoms with Gasteiger partial charge in [0.15, 0.2) is 0 Å². The molecule has 2 heterocycles. The number of carbonyl (C=O) groups is 2. The summed E-state index contributed by atoms with van der Waals surface area (Å²) < 4.78 is 1.78. The van der Waals surface area contributed by atoms with Gasteiger partial charge in [0, 0.05) is 25.9 Å². The zero-order valence-electron chi connectivity index (χ0n) is 8.36. The fourth-order valence-electron chi connectivity index (χ4n) is 1.49. The third-order valence-electron chi connectivity index (χ3n) is 2.36. The normalized spacial score (nSPS) is 21.3.